The Morgan fingerprint density at radius 2 is 1.81 bits per heavy atom. The van der Waals surface area contributed by atoms with Crippen LogP contribution in [0.4, 0.5) is 0 Å². The van der Waals surface area contributed by atoms with Gasteiger partial charge in [-0.3, -0.25) is 0 Å². The van der Waals surface area contributed by atoms with Gasteiger partial charge in [-0.15, -0.1) is 0 Å². The topological polar surface area (TPSA) is 58.2 Å². The Labute approximate surface area is 128 Å². The molecule has 1 atom stereocenters. The summed E-state index contributed by atoms with van der Waals surface area (Å²) in [5.41, 5.74) is 1.17. The van der Waals surface area contributed by atoms with Crippen molar-refractivity contribution in [2.24, 2.45) is 0 Å². The maximum absolute atomic E-state index is 12.4. The summed E-state index contributed by atoms with van der Waals surface area (Å²) in [5, 5.41) is 3.27. The fourth-order valence-electron chi connectivity index (χ4n) is 2.54. The monoisotopic (exact) mass is 310 g/mol. The third-order valence-corrected chi connectivity index (χ3v) is 5.44. The number of rotatable bonds is 3. The molecular formula is C16H26N2O2S. The molecular weight excluding hydrogens is 284 g/mol. The van der Waals surface area contributed by atoms with Crippen LogP contribution in [0.2, 0.25) is 0 Å². The van der Waals surface area contributed by atoms with Crippen molar-refractivity contribution >= 4 is 10.0 Å². The summed E-state index contributed by atoms with van der Waals surface area (Å²) in [6, 6.07) is 7.19. The molecule has 4 nitrogen and oxygen atoms in total. The lowest BCUT2D eigenvalue weighted by Gasteiger charge is -2.20. The van der Waals surface area contributed by atoms with E-state index in [0.717, 1.165) is 31.4 Å². The van der Waals surface area contributed by atoms with Gasteiger partial charge in [-0.2, -0.15) is 0 Å². The molecule has 5 heteroatoms. The lowest BCUT2D eigenvalue weighted by Crippen LogP contribution is -2.40. The standard InChI is InChI=1S/C16H26N2O2S/c1-16(2,3)13-7-9-15(10-8-13)21(19,20)18-14-6-4-5-11-17-12-14/h7-10,14,17-18H,4-6,11-12H2,1-3H3. The zero-order chi connectivity index (χ0) is 15.5. The lowest BCUT2D eigenvalue weighted by molar-refractivity contribution is 0.521. The molecule has 1 unspecified atom stereocenters. The molecule has 21 heavy (non-hydrogen) atoms. The first kappa shape index (κ1) is 16.5. The average Bonchev–Trinajstić information content (AvgIpc) is 2.66. The Bertz CT molecular complexity index is 551. The zero-order valence-corrected chi connectivity index (χ0v) is 14.0. The van der Waals surface area contributed by atoms with Gasteiger partial charge in [-0.25, -0.2) is 13.1 Å². The van der Waals surface area contributed by atoms with Gasteiger partial charge in [0.05, 0.1) is 4.90 Å². The third kappa shape index (κ3) is 4.53. The van der Waals surface area contributed by atoms with E-state index in [1.807, 2.05) is 12.1 Å². The molecule has 1 aliphatic rings. The molecule has 1 heterocycles. The van der Waals surface area contributed by atoms with Crippen molar-refractivity contribution in [2.75, 3.05) is 13.1 Å². The normalized spacial score (nSPS) is 21.0. The largest absolute Gasteiger partial charge is 0.315 e. The number of hydrogen-bond donors (Lipinski definition) is 2. The summed E-state index contributed by atoms with van der Waals surface area (Å²) in [4.78, 5) is 0.347. The number of sulfonamides is 1. The van der Waals surface area contributed by atoms with Gasteiger partial charge in [0.15, 0.2) is 0 Å². The molecule has 118 valence electrons. The molecule has 0 bridgehead atoms. The van der Waals surface area contributed by atoms with Crippen molar-refractivity contribution < 1.29 is 8.42 Å². The highest BCUT2D eigenvalue weighted by Gasteiger charge is 2.22. The van der Waals surface area contributed by atoms with Gasteiger partial charge in [-0.1, -0.05) is 39.3 Å². The summed E-state index contributed by atoms with van der Waals surface area (Å²) in [6.07, 6.45) is 3.06. The second-order valence-corrected chi connectivity index (χ2v) is 8.51. The Hall–Kier alpha value is -0.910. The zero-order valence-electron chi connectivity index (χ0n) is 13.1. The first-order valence-electron chi connectivity index (χ1n) is 7.63. The van der Waals surface area contributed by atoms with Crippen LogP contribution in [0.25, 0.3) is 0 Å². The summed E-state index contributed by atoms with van der Waals surface area (Å²) >= 11 is 0. The molecule has 1 aromatic rings. The summed E-state index contributed by atoms with van der Waals surface area (Å²) < 4.78 is 27.7. The third-order valence-electron chi connectivity index (χ3n) is 3.90. The molecule has 0 amide bonds. The average molecular weight is 310 g/mol. The van der Waals surface area contributed by atoms with Crippen molar-refractivity contribution in [3.8, 4) is 0 Å². The quantitative estimate of drug-likeness (QED) is 0.901. The van der Waals surface area contributed by atoms with Gasteiger partial charge in [0.25, 0.3) is 0 Å². The molecule has 0 radical (unpaired) electrons. The van der Waals surface area contributed by atoms with E-state index in [0.29, 0.717) is 11.4 Å². The number of nitrogens with one attached hydrogen (secondary N) is 2. The van der Waals surface area contributed by atoms with Crippen LogP contribution in [-0.4, -0.2) is 27.5 Å². The SMILES string of the molecule is CC(C)(C)c1ccc(S(=O)(=O)NC2CCCCNC2)cc1. The maximum Gasteiger partial charge on any atom is 0.240 e. The lowest BCUT2D eigenvalue weighted by atomic mass is 9.87. The van der Waals surface area contributed by atoms with E-state index in [-0.39, 0.29) is 11.5 Å². The van der Waals surface area contributed by atoms with Gasteiger partial charge in [0.1, 0.15) is 0 Å². The first-order valence-corrected chi connectivity index (χ1v) is 9.11. The van der Waals surface area contributed by atoms with Crippen molar-refractivity contribution in [2.45, 2.75) is 56.4 Å². The Morgan fingerprint density at radius 3 is 2.43 bits per heavy atom. The van der Waals surface area contributed by atoms with Crippen LogP contribution < -0.4 is 10.0 Å². The molecule has 0 aromatic heterocycles. The van der Waals surface area contributed by atoms with E-state index < -0.39 is 10.0 Å². The molecule has 2 rings (SSSR count). The second kappa shape index (κ2) is 6.46. The Kier molecular flexibility index (Phi) is 5.07. The van der Waals surface area contributed by atoms with Crippen LogP contribution in [0, 0.1) is 0 Å². The van der Waals surface area contributed by atoms with Crippen molar-refractivity contribution in [3.05, 3.63) is 29.8 Å². The van der Waals surface area contributed by atoms with E-state index in [4.69, 9.17) is 0 Å². The summed E-state index contributed by atoms with van der Waals surface area (Å²) in [7, 11) is -3.43. The van der Waals surface area contributed by atoms with Crippen LogP contribution in [-0.2, 0) is 15.4 Å². The van der Waals surface area contributed by atoms with E-state index in [9.17, 15) is 8.42 Å². The van der Waals surface area contributed by atoms with Crippen molar-refractivity contribution in [3.63, 3.8) is 0 Å². The summed E-state index contributed by atoms with van der Waals surface area (Å²) in [5.74, 6) is 0. The highest BCUT2D eigenvalue weighted by atomic mass is 32.2. The molecule has 0 saturated carbocycles. The number of hydrogen-bond acceptors (Lipinski definition) is 3. The van der Waals surface area contributed by atoms with Gasteiger partial charge >= 0.3 is 0 Å². The molecule has 1 fully saturated rings. The highest BCUT2D eigenvalue weighted by Crippen LogP contribution is 2.23. The minimum atomic E-state index is -3.43. The van der Waals surface area contributed by atoms with Gasteiger partial charge < -0.3 is 5.32 Å². The van der Waals surface area contributed by atoms with Gasteiger partial charge in [0.2, 0.25) is 10.0 Å². The molecule has 2 N–H and O–H groups in total. The molecule has 1 saturated heterocycles. The smallest absolute Gasteiger partial charge is 0.240 e. The molecule has 0 spiro atoms. The Balaban J connectivity index is 2.11. The summed E-state index contributed by atoms with van der Waals surface area (Å²) in [6.45, 7) is 8.03. The maximum atomic E-state index is 12.4. The Morgan fingerprint density at radius 1 is 1.14 bits per heavy atom. The van der Waals surface area contributed by atoms with E-state index in [1.165, 1.54) is 0 Å². The fourth-order valence-corrected chi connectivity index (χ4v) is 3.81. The van der Waals surface area contributed by atoms with Crippen LogP contribution >= 0.6 is 0 Å². The minimum Gasteiger partial charge on any atom is -0.315 e. The van der Waals surface area contributed by atoms with Crippen molar-refractivity contribution in [1.82, 2.24) is 10.0 Å². The van der Waals surface area contributed by atoms with E-state index >= 15 is 0 Å². The van der Waals surface area contributed by atoms with Crippen LogP contribution in [0.3, 0.4) is 0 Å². The van der Waals surface area contributed by atoms with Gasteiger partial charge in [0, 0.05) is 12.6 Å². The number of benzene rings is 1. The van der Waals surface area contributed by atoms with Gasteiger partial charge in [-0.05, 0) is 42.5 Å². The molecule has 0 aliphatic carbocycles. The molecule has 1 aromatic carbocycles. The second-order valence-electron chi connectivity index (χ2n) is 6.79. The minimum absolute atomic E-state index is 0.0141. The van der Waals surface area contributed by atoms with Crippen LogP contribution in [0.1, 0.15) is 45.6 Å². The molecule has 1 aliphatic heterocycles. The van der Waals surface area contributed by atoms with Crippen molar-refractivity contribution in [1.29, 1.82) is 0 Å². The highest BCUT2D eigenvalue weighted by molar-refractivity contribution is 7.89. The predicted octanol–water partition coefficient (Wildman–Crippen LogP) is 2.40. The fraction of sp³-hybridized carbons (Fsp3) is 0.625. The first-order chi connectivity index (χ1) is 9.79. The predicted molar refractivity (Wildman–Crippen MR) is 86.0 cm³/mol. The van der Waals surface area contributed by atoms with E-state index in [2.05, 4.69) is 30.8 Å². The van der Waals surface area contributed by atoms with Crippen LogP contribution in [0.5, 0.6) is 0 Å². The van der Waals surface area contributed by atoms with E-state index in [1.54, 1.807) is 12.1 Å². The van der Waals surface area contributed by atoms with Crippen LogP contribution in [0.15, 0.2) is 29.2 Å².